The number of anilines is 2. The maximum atomic E-state index is 14.8. The van der Waals surface area contributed by atoms with Crippen molar-refractivity contribution in [1.82, 2.24) is 4.90 Å². The molecule has 3 aromatic carbocycles. The zero-order valence-corrected chi connectivity index (χ0v) is 26.9. The van der Waals surface area contributed by atoms with Crippen LogP contribution < -0.4 is 15.4 Å². The molecule has 6 atom stereocenters. The molecular weight excluding hydrogens is 582 g/mol. The second-order valence-corrected chi connectivity index (χ2v) is 12.8. The first-order valence-electron chi connectivity index (χ1n) is 16.3. The van der Waals surface area contributed by atoms with Crippen LogP contribution in [0.15, 0.2) is 72.8 Å². The summed E-state index contributed by atoms with van der Waals surface area (Å²) < 4.78 is 12.5. The van der Waals surface area contributed by atoms with Gasteiger partial charge in [-0.1, -0.05) is 55.5 Å². The van der Waals surface area contributed by atoms with E-state index in [0.717, 1.165) is 16.7 Å². The molecule has 3 aromatic rings. The Hall–Kier alpha value is -4.21. The van der Waals surface area contributed by atoms with Crippen molar-refractivity contribution < 1.29 is 29.0 Å². The predicted octanol–water partition coefficient (Wildman–Crippen LogP) is 5.04. The largest absolute Gasteiger partial charge is 0.494 e. The van der Waals surface area contributed by atoms with E-state index in [1.165, 1.54) is 4.90 Å². The standard InChI is InChI=1S/C37H43N3O6/c1-5-36-19-20-37(46-36)30(29(36)33(42)38-26-15-17-28(18-16-26)45-6-2)35(44)40(27(22-41)21-25-13-8-7-9-14-25)32(37)34(43)39-31-23(3)11-10-12-24(31)4/h7-18,27,29-30,32,41H,5-6,19-22H2,1-4H3,(H,38,42)(H,39,43)/t27-,29+,30+,32?,36-,37?/m1/s1. The van der Waals surface area contributed by atoms with Gasteiger partial charge in [-0.05, 0) is 87.4 Å². The van der Waals surface area contributed by atoms with Crippen LogP contribution in [0.4, 0.5) is 11.4 Å². The third-order valence-electron chi connectivity index (χ3n) is 10.2. The molecule has 3 fully saturated rings. The van der Waals surface area contributed by atoms with Crippen LogP contribution in [0.25, 0.3) is 0 Å². The topological polar surface area (TPSA) is 117 Å². The summed E-state index contributed by atoms with van der Waals surface area (Å²) in [6.45, 7) is 7.92. The van der Waals surface area contributed by atoms with E-state index in [0.29, 0.717) is 49.4 Å². The average molecular weight is 626 g/mol. The molecule has 3 amide bonds. The van der Waals surface area contributed by atoms with Gasteiger partial charge < -0.3 is 30.1 Å². The number of rotatable bonds is 11. The van der Waals surface area contributed by atoms with Crippen LogP contribution in [0.3, 0.4) is 0 Å². The molecule has 0 radical (unpaired) electrons. The highest BCUT2D eigenvalue weighted by Crippen LogP contribution is 2.64. The van der Waals surface area contributed by atoms with Crippen molar-refractivity contribution in [3.63, 3.8) is 0 Å². The van der Waals surface area contributed by atoms with Gasteiger partial charge in [0.2, 0.25) is 17.7 Å². The SMILES string of the molecule is CCOc1ccc(NC(=O)[C@@H]2[C@H]3C(=O)N([C@@H](CO)Cc4ccccc4)C(C(=O)Nc4c(C)cccc4C)C34CC[C@@]2(CC)O4)cc1. The van der Waals surface area contributed by atoms with E-state index in [1.54, 1.807) is 24.3 Å². The van der Waals surface area contributed by atoms with Gasteiger partial charge in [0.25, 0.3) is 0 Å². The molecule has 3 aliphatic rings. The summed E-state index contributed by atoms with van der Waals surface area (Å²) in [5.74, 6) is -2.03. The van der Waals surface area contributed by atoms with E-state index in [9.17, 15) is 19.5 Å². The lowest BCUT2D eigenvalue weighted by atomic mass is 9.65. The van der Waals surface area contributed by atoms with Gasteiger partial charge in [-0.25, -0.2) is 0 Å². The summed E-state index contributed by atoms with van der Waals surface area (Å²) in [5.41, 5.74) is 1.88. The van der Waals surface area contributed by atoms with E-state index in [2.05, 4.69) is 10.6 Å². The molecule has 3 heterocycles. The zero-order chi connectivity index (χ0) is 32.6. The van der Waals surface area contributed by atoms with Gasteiger partial charge in [0.15, 0.2) is 0 Å². The Balaban J connectivity index is 1.40. The molecule has 242 valence electrons. The third-order valence-corrected chi connectivity index (χ3v) is 10.2. The van der Waals surface area contributed by atoms with Crippen molar-refractivity contribution in [3.05, 3.63) is 89.5 Å². The first-order chi connectivity index (χ1) is 22.2. The zero-order valence-electron chi connectivity index (χ0n) is 26.9. The van der Waals surface area contributed by atoms with Crippen LogP contribution in [-0.4, -0.2) is 64.2 Å². The minimum absolute atomic E-state index is 0.315. The smallest absolute Gasteiger partial charge is 0.250 e. The molecule has 0 aliphatic carbocycles. The summed E-state index contributed by atoms with van der Waals surface area (Å²) >= 11 is 0. The second-order valence-electron chi connectivity index (χ2n) is 12.8. The van der Waals surface area contributed by atoms with E-state index in [4.69, 9.17) is 9.47 Å². The van der Waals surface area contributed by atoms with Crippen molar-refractivity contribution in [3.8, 4) is 5.75 Å². The van der Waals surface area contributed by atoms with E-state index in [1.807, 2.05) is 76.2 Å². The predicted molar refractivity (Wildman–Crippen MR) is 175 cm³/mol. The Morgan fingerprint density at radius 2 is 1.65 bits per heavy atom. The van der Waals surface area contributed by atoms with Crippen LogP contribution in [0.1, 0.15) is 49.8 Å². The van der Waals surface area contributed by atoms with Gasteiger partial charge in [-0.15, -0.1) is 0 Å². The van der Waals surface area contributed by atoms with Crippen LogP contribution in [0, 0.1) is 25.7 Å². The first-order valence-corrected chi connectivity index (χ1v) is 16.3. The number of nitrogens with one attached hydrogen (secondary N) is 2. The molecular formula is C37H43N3O6. The molecule has 46 heavy (non-hydrogen) atoms. The lowest BCUT2D eigenvalue weighted by Gasteiger charge is -2.37. The lowest BCUT2D eigenvalue weighted by Crippen LogP contribution is -2.57. The number of likely N-dealkylation sites (tertiary alicyclic amines) is 1. The van der Waals surface area contributed by atoms with Gasteiger partial charge in [0.1, 0.15) is 17.4 Å². The molecule has 1 spiro atoms. The quantitative estimate of drug-likeness (QED) is 0.275. The molecule has 3 N–H and O–H groups in total. The van der Waals surface area contributed by atoms with Crippen molar-refractivity contribution in [2.24, 2.45) is 11.8 Å². The number of fused-ring (bicyclic) bond motifs is 1. The number of nitrogens with zero attached hydrogens (tertiary/aromatic N) is 1. The van der Waals surface area contributed by atoms with E-state index in [-0.39, 0.29) is 24.3 Å². The maximum absolute atomic E-state index is 14.8. The van der Waals surface area contributed by atoms with Crippen LogP contribution in [0.5, 0.6) is 5.75 Å². The third kappa shape index (κ3) is 5.25. The van der Waals surface area contributed by atoms with Gasteiger partial charge in [-0.2, -0.15) is 0 Å². The normalized spacial score (nSPS) is 26.9. The highest BCUT2D eigenvalue weighted by molar-refractivity contribution is 6.06. The number of aliphatic hydroxyl groups excluding tert-OH is 1. The van der Waals surface area contributed by atoms with E-state index < -0.39 is 35.1 Å². The number of para-hydroxylation sites is 1. The molecule has 3 aliphatic heterocycles. The number of carbonyl (C=O) groups is 3. The average Bonchev–Trinajstić information content (AvgIpc) is 3.67. The molecule has 9 nitrogen and oxygen atoms in total. The molecule has 6 rings (SSSR count). The minimum atomic E-state index is -1.22. The maximum Gasteiger partial charge on any atom is 0.250 e. The number of benzene rings is 3. The van der Waals surface area contributed by atoms with Gasteiger partial charge >= 0.3 is 0 Å². The van der Waals surface area contributed by atoms with Gasteiger partial charge in [0.05, 0.1) is 36.7 Å². The Morgan fingerprint density at radius 1 is 0.957 bits per heavy atom. The number of hydrogen-bond donors (Lipinski definition) is 3. The number of hydrogen-bond acceptors (Lipinski definition) is 6. The summed E-state index contributed by atoms with van der Waals surface area (Å²) in [6.07, 6.45) is 1.85. The summed E-state index contributed by atoms with van der Waals surface area (Å²) in [5, 5.41) is 16.9. The van der Waals surface area contributed by atoms with Crippen molar-refractivity contribution in [2.75, 3.05) is 23.8 Å². The van der Waals surface area contributed by atoms with Crippen molar-refractivity contribution >= 4 is 29.1 Å². The molecule has 9 heteroatoms. The molecule has 0 saturated carbocycles. The summed E-state index contributed by atoms with van der Waals surface area (Å²) in [6, 6.07) is 20.8. The van der Waals surface area contributed by atoms with Gasteiger partial charge in [-0.3, -0.25) is 14.4 Å². The van der Waals surface area contributed by atoms with Crippen LogP contribution in [-0.2, 0) is 25.5 Å². The molecule has 3 saturated heterocycles. The molecule has 0 aromatic heterocycles. The fourth-order valence-electron chi connectivity index (χ4n) is 8.11. The number of carbonyl (C=O) groups excluding carboxylic acids is 3. The molecule has 2 bridgehead atoms. The fourth-order valence-corrected chi connectivity index (χ4v) is 8.11. The Bertz CT molecular complexity index is 1590. The first kappa shape index (κ1) is 31.8. The number of aryl methyl sites for hydroxylation is 2. The fraction of sp³-hybridized carbons (Fsp3) is 0.432. The van der Waals surface area contributed by atoms with Crippen LogP contribution in [0.2, 0.25) is 0 Å². The second kappa shape index (κ2) is 12.5. The van der Waals surface area contributed by atoms with Crippen molar-refractivity contribution in [2.45, 2.75) is 76.7 Å². The minimum Gasteiger partial charge on any atom is -0.494 e. The molecule has 2 unspecified atom stereocenters. The highest BCUT2D eigenvalue weighted by Gasteiger charge is 2.79. The van der Waals surface area contributed by atoms with Crippen molar-refractivity contribution in [1.29, 1.82) is 0 Å². The van der Waals surface area contributed by atoms with Gasteiger partial charge in [0, 0.05) is 11.4 Å². The Labute approximate surface area is 270 Å². The number of amides is 3. The summed E-state index contributed by atoms with van der Waals surface area (Å²) in [4.78, 5) is 45.0. The Morgan fingerprint density at radius 3 is 2.28 bits per heavy atom. The highest BCUT2D eigenvalue weighted by atomic mass is 16.5. The number of ether oxygens (including phenoxy) is 2. The lowest BCUT2D eigenvalue weighted by molar-refractivity contribution is -0.148. The number of aliphatic hydroxyl groups is 1. The van der Waals surface area contributed by atoms with E-state index >= 15 is 0 Å². The summed E-state index contributed by atoms with van der Waals surface area (Å²) in [7, 11) is 0. The van der Waals surface area contributed by atoms with Crippen LogP contribution >= 0.6 is 0 Å². The Kier molecular flexibility index (Phi) is 8.65. The monoisotopic (exact) mass is 625 g/mol.